The number of amides is 5. The van der Waals surface area contributed by atoms with Crippen molar-refractivity contribution >= 4 is 47.6 Å². The van der Waals surface area contributed by atoms with Crippen LogP contribution in [0, 0.1) is 18.8 Å². The number of benzene rings is 1. The zero-order chi connectivity index (χ0) is 44.3. The SMILES string of the molecule is Cc1cc(C[C@@H](NC(=O)N2CCC3(CC2)OC(=O)Nc2ncccc23)C(=O)C[C@@H](CC2CCN(C(=O)OC(C)(C)C)CC2)C(=O)N2CCN(c3ccncc3)CC2)cc2c1CN=C2. The molecule has 3 aromatic rings. The fourth-order valence-corrected chi connectivity index (χ4v) is 9.73. The number of anilines is 2. The number of piperazine rings is 1. The van der Waals surface area contributed by atoms with Gasteiger partial charge in [0.15, 0.2) is 5.78 Å². The van der Waals surface area contributed by atoms with Crippen LogP contribution in [0.15, 0.2) is 60.0 Å². The molecule has 0 aliphatic carbocycles. The second kappa shape index (κ2) is 18.3. The molecule has 5 aliphatic heterocycles. The van der Waals surface area contributed by atoms with E-state index in [2.05, 4.69) is 36.6 Å². The van der Waals surface area contributed by atoms with Crippen molar-refractivity contribution in [1.29, 1.82) is 0 Å². The van der Waals surface area contributed by atoms with Crippen LogP contribution >= 0.6 is 0 Å². The summed E-state index contributed by atoms with van der Waals surface area (Å²) < 4.78 is 11.5. The molecule has 2 aromatic heterocycles. The van der Waals surface area contributed by atoms with Gasteiger partial charge in [-0.15, -0.1) is 0 Å². The second-order valence-corrected chi connectivity index (χ2v) is 18.6. The summed E-state index contributed by atoms with van der Waals surface area (Å²) in [6.07, 6.45) is 8.87. The van der Waals surface area contributed by atoms with Gasteiger partial charge in [0, 0.05) is 114 Å². The number of carbonyl (C=O) groups excluding carboxylic acids is 5. The van der Waals surface area contributed by atoms with E-state index in [-0.39, 0.29) is 55.7 Å². The van der Waals surface area contributed by atoms with Gasteiger partial charge >= 0.3 is 18.2 Å². The van der Waals surface area contributed by atoms with Gasteiger partial charge < -0.3 is 34.4 Å². The van der Waals surface area contributed by atoms with Crippen LogP contribution in [0.3, 0.4) is 0 Å². The summed E-state index contributed by atoms with van der Waals surface area (Å²) in [4.78, 5) is 89.7. The molecule has 2 atom stereocenters. The standard InChI is InChI=1S/C47H59N9O7/c1-31-24-33(26-35-29-49-30-37(31)35)27-39(51-43(59)55-18-11-47(12-19-55)38-6-5-13-50-41(38)52-44(60)62-47)40(57)28-34(25-32-9-16-56(17-10-32)45(61)63-46(2,3)4)42(58)54-22-20-53(21-23-54)36-7-14-48-15-8-36/h5-8,13-15,24,26,29,32,34,39H,9-12,16-23,25,27-28,30H2,1-4H3,(H,51,59)(H,50,52,60)/t34-,39-/m1/s1. The molecule has 0 saturated carbocycles. The van der Waals surface area contributed by atoms with Crippen molar-refractivity contribution in [2.24, 2.45) is 16.8 Å². The normalized spacial score (nSPS) is 19.4. The van der Waals surface area contributed by atoms with Gasteiger partial charge in [0.05, 0.1) is 12.6 Å². The van der Waals surface area contributed by atoms with Crippen LogP contribution in [0.2, 0.25) is 0 Å². The highest BCUT2D eigenvalue weighted by Gasteiger charge is 2.46. The molecule has 0 bridgehead atoms. The first-order chi connectivity index (χ1) is 30.2. The molecule has 334 valence electrons. The first kappa shape index (κ1) is 43.6. The summed E-state index contributed by atoms with van der Waals surface area (Å²) >= 11 is 0. The lowest BCUT2D eigenvalue weighted by atomic mass is 9.82. The van der Waals surface area contributed by atoms with E-state index in [1.165, 1.54) is 0 Å². The van der Waals surface area contributed by atoms with E-state index >= 15 is 0 Å². The lowest BCUT2D eigenvalue weighted by Crippen LogP contribution is -2.55. The minimum absolute atomic E-state index is 0.0398. The summed E-state index contributed by atoms with van der Waals surface area (Å²) in [6, 6.07) is 10.4. The first-order valence-electron chi connectivity index (χ1n) is 22.3. The Hall–Kier alpha value is -6.06. The van der Waals surface area contributed by atoms with Crippen LogP contribution in [-0.2, 0) is 37.6 Å². The van der Waals surface area contributed by atoms with Gasteiger partial charge in [-0.25, -0.2) is 19.4 Å². The number of ether oxygens (including phenoxy) is 2. The molecule has 1 spiro atoms. The van der Waals surface area contributed by atoms with Crippen LogP contribution in [0.4, 0.5) is 25.9 Å². The topological polar surface area (TPSA) is 179 Å². The van der Waals surface area contributed by atoms with E-state index in [4.69, 9.17) is 9.47 Å². The number of pyridine rings is 2. The van der Waals surface area contributed by atoms with Crippen LogP contribution in [0.5, 0.6) is 0 Å². The minimum atomic E-state index is -0.918. The van der Waals surface area contributed by atoms with Gasteiger partial charge in [-0.05, 0) is 112 Å². The Balaban J connectivity index is 0.999. The van der Waals surface area contributed by atoms with Crippen LogP contribution < -0.4 is 15.5 Å². The van der Waals surface area contributed by atoms with Crippen molar-refractivity contribution in [1.82, 2.24) is 30.0 Å². The van der Waals surface area contributed by atoms with Gasteiger partial charge in [0.25, 0.3) is 0 Å². The van der Waals surface area contributed by atoms with Gasteiger partial charge in [0.1, 0.15) is 17.0 Å². The largest absolute Gasteiger partial charge is 0.444 e. The Bertz CT molecular complexity index is 2220. The number of aryl methyl sites for hydroxylation is 1. The molecule has 3 fully saturated rings. The minimum Gasteiger partial charge on any atom is -0.444 e. The molecule has 63 heavy (non-hydrogen) atoms. The Labute approximate surface area is 368 Å². The monoisotopic (exact) mass is 861 g/mol. The Morgan fingerprint density at radius 2 is 1.67 bits per heavy atom. The number of ketones is 1. The number of nitrogens with zero attached hydrogens (tertiary/aromatic N) is 7. The highest BCUT2D eigenvalue weighted by atomic mass is 16.6. The number of hydrogen-bond acceptors (Lipinski definition) is 11. The molecule has 5 aliphatic rings. The van der Waals surface area contributed by atoms with Gasteiger partial charge in [-0.3, -0.25) is 24.9 Å². The van der Waals surface area contributed by atoms with Crippen molar-refractivity contribution in [3.63, 3.8) is 0 Å². The van der Waals surface area contributed by atoms with E-state index in [0.717, 1.165) is 33.5 Å². The average molecular weight is 862 g/mol. The molecule has 16 heteroatoms. The quantitative estimate of drug-likeness (QED) is 0.251. The highest BCUT2D eigenvalue weighted by molar-refractivity contribution is 5.93. The molecule has 7 heterocycles. The number of aromatic nitrogens is 2. The number of carbonyl (C=O) groups is 5. The summed E-state index contributed by atoms with van der Waals surface area (Å²) in [5, 5.41) is 5.78. The van der Waals surface area contributed by atoms with Crippen LogP contribution in [-0.4, -0.2) is 125 Å². The zero-order valence-corrected chi connectivity index (χ0v) is 36.8. The first-order valence-corrected chi connectivity index (χ1v) is 22.3. The summed E-state index contributed by atoms with van der Waals surface area (Å²) in [5.74, 6) is -0.319. The third-order valence-electron chi connectivity index (χ3n) is 13.1. The Morgan fingerprint density at radius 1 is 0.937 bits per heavy atom. The smallest absolute Gasteiger partial charge is 0.413 e. The molecule has 16 nitrogen and oxygen atoms in total. The third kappa shape index (κ3) is 10.1. The number of nitrogens with one attached hydrogen (secondary N) is 2. The molecule has 8 rings (SSSR count). The fraction of sp³-hybridized carbons (Fsp3) is 0.532. The fourth-order valence-electron chi connectivity index (χ4n) is 9.73. The van der Waals surface area contributed by atoms with Crippen molar-refractivity contribution in [2.75, 3.05) is 62.6 Å². The van der Waals surface area contributed by atoms with Crippen LogP contribution in [0.25, 0.3) is 0 Å². The molecule has 0 radical (unpaired) electrons. The van der Waals surface area contributed by atoms with Crippen molar-refractivity contribution < 1.29 is 33.4 Å². The number of aliphatic imine (C=N–C) groups is 1. The molecule has 0 unspecified atom stereocenters. The van der Waals surface area contributed by atoms with Crippen molar-refractivity contribution in [2.45, 2.75) is 96.4 Å². The Morgan fingerprint density at radius 3 is 2.38 bits per heavy atom. The zero-order valence-electron chi connectivity index (χ0n) is 36.8. The number of urea groups is 1. The van der Waals surface area contributed by atoms with E-state index < -0.39 is 29.3 Å². The summed E-state index contributed by atoms with van der Waals surface area (Å²) in [5.41, 5.74) is 4.43. The maximum absolute atomic E-state index is 14.9. The van der Waals surface area contributed by atoms with Crippen molar-refractivity contribution in [3.8, 4) is 0 Å². The summed E-state index contributed by atoms with van der Waals surface area (Å²) in [7, 11) is 0. The number of Topliss-reactive ketones (excluding diaryl/α,β-unsaturated/α-hetero) is 1. The number of fused-ring (bicyclic) bond motifs is 3. The lowest BCUT2D eigenvalue weighted by molar-refractivity contribution is -0.139. The predicted molar refractivity (Wildman–Crippen MR) is 237 cm³/mol. The van der Waals surface area contributed by atoms with E-state index in [0.29, 0.717) is 83.7 Å². The molecule has 5 amide bonds. The second-order valence-electron chi connectivity index (χ2n) is 18.6. The molecule has 3 saturated heterocycles. The van der Waals surface area contributed by atoms with Gasteiger partial charge in [-0.2, -0.15) is 0 Å². The molecule has 1 aromatic carbocycles. The Kier molecular flexibility index (Phi) is 12.7. The maximum Gasteiger partial charge on any atom is 0.413 e. The molecular formula is C47H59N9O7. The number of piperidine rings is 2. The number of hydrogen-bond donors (Lipinski definition) is 2. The predicted octanol–water partition coefficient (Wildman–Crippen LogP) is 5.85. The van der Waals surface area contributed by atoms with Crippen molar-refractivity contribution in [3.05, 3.63) is 82.8 Å². The number of rotatable bonds is 10. The molecule has 2 N–H and O–H groups in total. The van der Waals surface area contributed by atoms with Gasteiger partial charge in [-0.1, -0.05) is 6.07 Å². The van der Waals surface area contributed by atoms with E-state index in [1.807, 2.05) is 63.1 Å². The lowest BCUT2D eigenvalue weighted by Gasteiger charge is -2.43. The average Bonchev–Trinajstić information content (AvgIpc) is 3.75. The molecular weight excluding hydrogens is 803 g/mol. The maximum atomic E-state index is 14.9. The highest BCUT2D eigenvalue weighted by Crippen LogP contribution is 2.42. The third-order valence-corrected chi connectivity index (χ3v) is 13.1. The van der Waals surface area contributed by atoms with E-state index in [1.54, 1.807) is 34.5 Å². The number of likely N-dealkylation sites (tertiary alicyclic amines) is 2. The van der Waals surface area contributed by atoms with Crippen LogP contribution in [0.1, 0.15) is 87.1 Å². The van der Waals surface area contributed by atoms with E-state index in [9.17, 15) is 24.0 Å². The van der Waals surface area contributed by atoms with Gasteiger partial charge in [0.2, 0.25) is 5.91 Å². The summed E-state index contributed by atoms with van der Waals surface area (Å²) in [6.45, 7) is 12.1.